The van der Waals surface area contributed by atoms with E-state index in [9.17, 15) is 4.79 Å². The van der Waals surface area contributed by atoms with Crippen molar-refractivity contribution in [3.8, 4) is 5.75 Å². The molecule has 1 aromatic heterocycles. The number of carboxylic acids is 1. The number of aromatic nitrogens is 1. The van der Waals surface area contributed by atoms with Crippen molar-refractivity contribution < 1.29 is 14.6 Å². The Balaban J connectivity index is 2.49. The van der Waals surface area contributed by atoms with E-state index >= 15 is 0 Å². The van der Waals surface area contributed by atoms with Crippen LogP contribution in [0.1, 0.15) is 19.5 Å². The fourth-order valence-corrected chi connectivity index (χ4v) is 2.20. The summed E-state index contributed by atoms with van der Waals surface area (Å²) < 4.78 is 6.27. The van der Waals surface area contributed by atoms with Crippen LogP contribution in [0.3, 0.4) is 0 Å². The summed E-state index contributed by atoms with van der Waals surface area (Å²) in [6, 6.07) is 7.38. The van der Waals surface area contributed by atoms with Gasteiger partial charge in [0.2, 0.25) is 0 Å². The molecule has 19 heavy (non-hydrogen) atoms. The van der Waals surface area contributed by atoms with Gasteiger partial charge >= 0.3 is 5.97 Å². The van der Waals surface area contributed by atoms with Gasteiger partial charge in [-0.1, -0.05) is 0 Å². The summed E-state index contributed by atoms with van der Waals surface area (Å²) in [6.45, 7) is 4.95. The molecular weight excluding hydrogens is 310 g/mol. The van der Waals surface area contributed by atoms with Gasteiger partial charge in [0.25, 0.3) is 0 Å². The van der Waals surface area contributed by atoms with E-state index in [1.807, 2.05) is 25.1 Å². The highest BCUT2D eigenvalue weighted by atomic mass is 79.9. The number of pyridine rings is 1. The Hall–Kier alpha value is -1.62. The molecule has 2 aromatic rings. The Morgan fingerprint density at radius 3 is 2.63 bits per heavy atom. The second-order valence-corrected chi connectivity index (χ2v) is 5.61. The topological polar surface area (TPSA) is 59.4 Å². The fraction of sp³-hybridized carbons (Fsp3) is 0.286. The number of aryl methyl sites for hydroxylation is 1. The summed E-state index contributed by atoms with van der Waals surface area (Å²) in [7, 11) is 0. The average molecular weight is 324 g/mol. The first kappa shape index (κ1) is 13.8. The molecule has 0 bridgehead atoms. The van der Waals surface area contributed by atoms with Crippen LogP contribution in [-0.4, -0.2) is 21.7 Å². The standard InChI is InChI=1S/C14H14BrNO3/c1-8-4-5-9-10(16-8)6-7-11(12(9)15)19-14(2,3)13(17)18/h4-7H,1-3H3,(H,17,18). The third-order valence-electron chi connectivity index (χ3n) is 2.79. The molecule has 0 saturated heterocycles. The van der Waals surface area contributed by atoms with E-state index in [0.29, 0.717) is 10.2 Å². The van der Waals surface area contributed by atoms with Gasteiger partial charge in [-0.05, 0) is 61.0 Å². The largest absolute Gasteiger partial charge is 0.478 e. The molecule has 100 valence electrons. The normalized spacial score (nSPS) is 11.6. The summed E-state index contributed by atoms with van der Waals surface area (Å²) in [4.78, 5) is 15.5. The fourth-order valence-electron chi connectivity index (χ4n) is 1.65. The van der Waals surface area contributed by atoms with Gasteiger partial charge in [-0.15, -0.1) is 0 Å². The van der Waals surface area contributed by atoms with Crippen molar-refractivity contribution >= 4 is 32.8 Å². The van der Waals surface area contributed by atoms with Gasteiger partial charge in [0.15, 0.2) is 5.60 Å². The van der Waals surface area contributed by atoms with Crippen molar-refractivity contribution in [1.29, 1.82) is 0 Å². The number of rotatable bonds is 3. The van der Waals surface area contributed by atoms with Crippen LogP contribution in [0.2, 0.25) is 0 Å². The molecule has 0 aliphatic heterocycles. The zero-order valence-electron chi connectivity index (χ0n) is 10.9. The molecule has 0 unspecified atom stereocenters. The molecule has 2 rings (SSSR count). The highest BCUT2D eigenvalue weighted by Crippen LogP contribution is 2.34. The van der Waals surface area contributed by atoms with Gasteiger partial charge in [0.1, 0.15) is 5.75 Å². The number of hydrogen-bond donors (Lipinski definition) is 1. The molecule has 4 nitrogen and oxygen atoms in total. The van der Waals surface area contributed by atoms with Gasteiger partial charge in [-0.25, -0.2) is 4.79 Å². The van der Waals surface area contributed by atoms with Crippen LogP contribution >= 0.6 is 15.9 Å². The maximum atomic E-state index is 11.1. The molecule has 1 heterocycles. The lowest BCUT2D eigenvalue weighted by Crippen LogP contribution is -2.37. The van der Waals surface area contributed by atoms with Crippen LogP contribution in [-0.2, 0) is 4.79 Å². The lowest BCUT2D eigenvalue weighted by atomic mass is 10.1. The van der Waals surface area contributed by atoms with E-state index in [2.05, 4.69) is 20.9 Å². The van der Waals surface area contributed by atoms with Crippen LogP contribution in [0.5, 0.6) is 5.75 Å². The van der Waals surface area contributed by atoms with Gasteiger partial charge in [-0.3, -0.25) is 4.98 Å². The minimum absolute atomic E-state index is 0.491. The molecule has 0 saturated carbocycles. The number of carboxylic acid groups (broad SMARTS) is 1. The number of hydrogen-bond acceptors (Lipinski definition) is 3. The molecular formula is C14H14BrNO3. The lowest BCUT2D eigenvalue weighted by molar-refractivity contribution is -0.152. The van der Waals surface area contributed by atoms with Crippen molar-refractivity contribution in [2.45, 2.75) is 26.4 Å². The Bertz CT molecular complexity index is 652. The summed E-state index contributed by atoms with van der Waals surface area (Å²) in [5.74, 6) is -0.521. The smallest absolute Gasteiger partial charge is 0.347 e. The quantitative estimate of drug-likeness (QED) is 0.938. The minimum atomic E-state index is -1.28. The molecule has 0 aliphatic carbocycles. The zero-order valence-corrected chi connectivity index (χ0v) is 12.5. The summed E-state index contributed by atoms with van der Waals surface area (Å²) in [5, 5.41) is 9.98. The van der Waals surface area contributed by atoms with Crippen LogP contribution in [0.4, 0.5) is 0 Å². The highest BCUT2D eigenvalue weighted by Gasteiger charge is 2.30. The third kappa shape index (κ3) is 2.71. The van der Waals surface area contributed by atoms with Crippen molar-refractivity contribution in [2.24, 2.45) is 0 Å². The molecule has 0 spiro atoms. The zero-order chi connectivity index (χ0) is 14.2. The first-order valence-corrected chi connectivity index (χ1v) is 6.59. The van der Waals surface area contributed by atoms with Crippen LogP contribution in [0.25, 0.3) is 10.9 Å². The van der Waals surface area contributed by atoms with Gasteiger partial charge < -0.3 is 9.84 Å². The first-order valence-electron chi connectivity index (χ1n) is 5.79. The second kappa shape index (κ2) is 4.81. The highest BCUT2D eigenvalue weighted by molar-refractivity contribution is 9.10. The number of benzene rings is 1. The number of nitrogens with zero attached hydrogens (tertiary/aromatic N) is 1. The predicted octanol–water partition coefficient (Wildman–Crippen LogP) is 3.55. The maximum absolute atomic E-state index is 11.1. The molecule has 1 aromatic carbocycles. The number of aliphatic carboxylic acids is 1. The van der Waals surface area contributed by atoms with E-state index in [1.54, 1.807) is 6.07 Å². The Kier molecular flexibility index (Phi) is 3.49. The van der Waals surface area contributed by atoms with Crippen molar-refractivity contribution in [1.82, 2.24) is 4.98 Å². The minimum Gasteiger partial charge on any atom is -0.478 e. The number of ether oxygens (including phenoxy) is 1. The molecule has 0 aliphatic rings. The molecule has 1 N–H and O–H groups in total. The molecule has 0 atom stereocenters. The monoisotopic (exact) mass is 323 g/mol. The second-order valence-electron chi connectivity index (χ2n) is 4.81. The van der Waals surface area contributed by atoms with Crippen LogP contribution in [0, 0.1) is 6.92 Å². The van der Waals surface area contributed by atoms with Crippen LogP contribution in [0.15, 0.2) is 28.7 Å². The maximum Gasteiger partial charge on any atom is 0.347 e. The Labute approximate surface area is 119 Å². The Morgan fingerprint density at radius 1 is 1.32 bits per heavy atom. The first-order chi connectivity index (χ1) is 8.81. The van der Waals surface area contributed by atoms with E-state index in [-0.39, 0.29) is 0 Å². The van der Waals surface area contributed by atoms with Crippen molar-refractivity contribution in [3.63, 3.8) is 0 Å². The lowest BCUT2D eigenvalue weighted by Gasteiger charge is -2.22. The number of fused-ring (bicyclic) bond motifs is 1. The third-order valence-corrected chi connectivity index (χ3v) is 3.61. The van der Waals surface area contributed by atoms with Gasteiger partial charge in [0, 0.05) is 11.1 Å². The Morgan fingerprint density at radius 2 is 2.00 bits per heavy atom. The molecule has 0 fully saturated rings. The van der Waals surface area contributed by atoms with E-state index < -0.39 is 11.6 Å². The van der Waals surface area contributed by atoms with Gasteiger partial charge in [0.05, 0.1) is 9.99 Å². The summed E-state index contributed by atoms with van der Waals surface area (Å²) in [5.41, 5.74) is 0.486. The summed E-state index contributed by atoms with van der Waals surface area (Å²) >= 11 is 3.45. The predicted molar refractivity (Wildman–Crippen MR) is 76.5 cm³/mol. The van der Waals surface area contributed by atoms with Gasteiger partial charge in [-0.2, -0.15) is 0 Å². The van der Waals surface area contributed by atoms with Crippen molar-refractivity contribution in [3.05, 3.63) is 34.4 Å². The van der Waals surface area contributed by atoms with E-state index in [4.69, 9.17) is 9.84 Å². The number of carbonyl (C=O) groups is 1. The molecule has 5 heteroatoms. The van der Waals surface area contributed by atoms with Crippen molar-refractivity contribution in [2.75, 3.05) is 0 Å². The molecule has 0 radical (unpaired) electrons. The van der Waals surface area contributed by atoms with E-state index in [1.165, 1.54) is 13.8 Å². The summed E-state index contributed by atoms with van der Waals surface area (Å²) in [6.07, 6.45) is 0. The van der Waals surface area contributed by atoms with E-state index in [0.717, 1.165) is 16.6 Å². The molecule has 0 amide bonds. The number of halogens is 1. The van der Waals surface area contributed by atoms with Crippen LogP contribution < -0.4 is 4.74 Å². The SMILES string of the molecule is Cc1ccc2c(Br)c(OC(C)(C)C(=O)O)ccc2n1. The average Bonchev–Trinajstić information content (AvgIpc) is 2.32.